The first kappa shape index (κ1) is 12.4. The molecule has 0 bridgehead atoms. The van der Waals surface area contributed by atoms with Crippen LogP contribution in [0.1, 0.15) is 22.8 Å². The smallest absolute Gasteiger partial charge is 0.340 e. The number of hydrogen-bond donors (Lipinski definition) is 1. The predicted molar refractivity (Wildman–Crippen MR) is 57.5 cm³/mol. The monoisotopic (exact) mass is 227 g/mol. The van der Waals surface area contributed by atoms with E-state index in [0.29, 0.717) is 5.56 Å². The van der Waals surface area contributed by atoms with Crippen molar-refractivity contribution in [3.8, 4) is 0 Å². The Balaban J connectivity index is 3.13. The van der Waals surface area contributed by atoms with Gasteiger partial charge in [0, 0.05) is 12.7 Å². The quantitative estimate of drug-likeness (QED) is 0.628. The Morgan fingerprint density at radius 2 is 2.19 bits per heavy atom. The summed E-state index contributed by atoms with van der Waals surface area (Å²) in [5.74, 6) is -1.17. The zero-order valence-corrected chi connectivity index (χ0v) is 9.25. The molecule has 0 atom stereocenters. The maximum absolute atomic E-state index is 13.2. The molecule has 5 heteroatoms. The van der Waals surface area contributed by atoms with Crippen molar-refractivity contribution in [2.75, 3.05) is 19.5 Å². The van der Waals surface area contributed by atoms with E-state index < -0.39 is 11.8 Å². The summed E-state index contributed by atoms with van der Waals surface area (Å²) in [6.45, 7) is 2.04. The molecule has 0 aliphatic carbocycles. The maximum Gasteiger partial charge on any atom is 0.340 e. The molecule has 88 valence electrons. The second-order valence-electron chi connectivity index (χ2n) is 3.18. The van der Waals surface area contributed by atoms with Crippen LogP contribution in [0.2, 0.25) is 0 Å². The van der Waals surface area contributed by atoms with E-state index in [4.69, 9.17) is 15.2 Å². The van der Waals surface area contributed by atoms with Gasteiger partial charge in [0.1, 0.15) is 5.82 Å². The van der Waals surface area contributed by atoms with E-state index in [9.17, 15) is 9.18 Å². The van der Waals surface area contributed by atoms with Crippen LogP contribution in [0.25, 0.3) is 0 Å². The molecule has 0 aliphatic heterocycles. The maximum atomic E-state index is 13.2. The Kier molecular flexibility index (Phi) is 4.25. The number of hydrogen-bond acceptors (Lipinski definition) is 4. The lowest BCUT2D eigenvalue weighted by Crippen LogP contribution is -2.11. The first-order valence-corrected chi connectivity index (χ1v) is 4.84. The predicted octanol–water partition coefficient (Wildman–Crippen LogP) is 1.73. The van der Waals surface area contributed by atoms with E-state index in [1.165, 1.54) is 13.2 Å². The number of rotatable bonds is 4. The van der Waals surface area contributed by atoms with Gasteiger partial charge in [-0.1, -0.05) is 0 Å². The molecule has 0 unspecified atom stereocenters. The van der Waals surface area contributed by atoms with Crippen molar-refractivity contribution in [2.24, 2.45) is 0 Å². The van der Waals surface area contributed by atoms with Crippen LogP contribution in [0.3, 0.4) is 0 Å². The van der Waals surface area contributed by atoms with Gasteiger partial charge in [0.15, 0.2) is 0 Å². The number of carbonyl (C=O) groups excluding carboxylic acids is 1. The van der Waals surface area contributed by atoms with Crippen LogP contribution in [-0.2, 0) is 16.1 Å². The van der Waals surface area contributed by atoms with Gasteiger partial charge in [-0.25, -0.2) is 9.18 Å². The molecule has 0 fully saturated rings. The van der Waals surface area contributed by atoms with Gasteiger partial charge in [0.25, 0.3) is 0 Å². The van der Waals surface area contributed by atoms with E-state index in [1.54, 1.807) is 6.92 Å². The minimum Gasteiger partial charge on any atom is -0.462 e. The van der Waals surface area contributed by atoms with Crippen molar-refractivity contribution in [1.82, 2.24) is 0 Å². The molecule has 0 aromatic heterocycles. The Morgan fingerprint density at radius 3 is 2.75 bits per heavy atom. The molecule has 0 saturated heterocycles. The highest BCUT2D eigenvalue weighted by atomic mass is 19.1. The Morgan fingerprint density at radius 1 is 1.50 bits per heavy atom. The van der Waals surface area contributed by atoms with Crippen LogP contribution < -0.4 is 5.73 Å². The summed E-state index contributed by atoms with van der Waals surface area (Å²) in [5.41, 5.74) is 6.39. The van der Waals surface area contributed by atoms with E-state index in [1.807, 2.05) is 0 Å². The van der Waals surface area contributed by atoms with E-state index >= 15 is 0 Å². The molecule has 16 heavy (non-hydrogen) atoms. The third-order valence-corrected chi connectivity index (χ3v) is 2.03. The van der Waals surface area contributed by atoms with Gasteiger partial charge in [-0.05, 0) is 19.1 Å². The zero-order chi connectivity index (χ0) is 12.1. The average molecular weight is 227 g/mol. The standard InChI is InChI=1S/C11H14FNO3/c1-3-16-11(14)9-5-8(12)4-7(6-15-2)10(9)13/h4-5H,3,6,13H2,1-2H3. The van der Waals surface area contributed by atoms with E-state index in [0.717, 1.165) is 6.07 Å². The summed E-state index contributed by atoms with van der Waals surface area (Å²) >= 11 is 0. The number of anilines is 1. The molecule has 0 aliphatic rings. The Labute approximate surface area is 93.2 Å². The van der Waals surface area contributed by atoms with Crippen LogP contribution in [0, 0.1) is 5.82 Å². The lowest BCUT2D eigenvalue weighted by molar-refractivity contribution is 0.0527. The van der Waals surface area contributed by atoms with Crippen molar-refractivity contribution >= 4 is 11.7 Å². The molecule has 1 aromatic rings. The second kappa shape index (κ2) is 5.46. The first-order valence-electron chi connectivity index (χ1n) is 4.84. The number of nitrogens with two attached hydrogens (primary N) is 1. The number of carbonyl (C=O) groups is 1. The van der Waals surface area contributed by atoms with Gasteiger partial charge < -0.3 is 15.2 Å². The molecule has 1 aromatic carbocycles. The fourth-order valence-electron chi connectivity index (χ4n) is 1.33. The lowest BCUT2D eigenvalue weighted by atomic mass is 10.1. The number of ether oxygens (including phenoxy) is 2. The molecule has 2 N–H and O–H groups in total. The number of benzene rings is 1. The van der Waals surface area contributed by atoms with Crippen molar-refractivity contribution in [1.29, 1.82) is 0 Å². The molecule has 0 amide bonds. The summed E-state index contributed by atoms with van der Waals surface area (Å²) in [5, 5.41) is 0. The Bertz CT molecular complexity index is 393. The zero-order valence-electron chi connectivity index (χ0n) is 9.25. The first-order chi connectivity index (χ1) is 7.60. The summed E-state index contributed by atoms with van der Waals surface area (Å²) in [6, 6.07) is 2.30. The molecule has 0 saturated carbocycles. The molecule has 0 spiro atoms. The van der Waals surface area contributed by atoms with Crippen molar-refractivity contribution in [2.45, 2.75) is 13.5 Å². The summed E-state index contributed by atoms with van der Waals surface area (Å²) in [6.07, 6.45) is 0. The highest BCUT2D eigenvalue weighted by molar-refractivity contribution is 5.95. The van der Waals surface area contributed by atoms with Crippen LogP contribution in [-0.4, -0.2) is 19.7 Å². The molecule has 1 rings (SSSR count). The SMILES string of the molecule is CCOC(=O)c1cc(F)cc(COC)c1N. The summed E-state index contributed by atoms with van der Waals surface area (Å²) < 4.78 is 22.8. The van der Waals surface area contributed by atoms with Gasteiger partial charge >= 0.3 is 5.97 Å². The van der Waals surface area contributed by atoms with Crippen LogP contribution in [0.5, 0.6) is 0 Å². The third kappa shape index (κ3) is 2.70. The molecule has 0 radical (unpaired) electrons. The largest absolute Gasteiger partial charge is 0.462 e. The second-order valence-corrected chi connectivity index (χ2v) is 3.18. The lowest BCUT2D eigenvalue weighted by Gasteiger charge is -2.10. The average Bonchev–Trinajstić information content (AvgIpc) is 2.23. The highest BCUT2D eigenvalue weighted by Gasteiger charge is 2.15. The molecular formula is C11H14FNO3. The molecule has 0 heterocycles. The number of nitrogen functional groups attached to an aromatic ring is 1. The highest BCUT2D eigenvalue weighted by Crippen LogP contribution is 2.21. The fraction of sp³-hybridized carbons (Fsp3) is 0.364. The molecular weight excluding hydrogens is 213 g/mol. The van der Waals surface area contributed by atoms with Gasteiger partial charge in [0.05, 0.1) is 24.5 Å². The van der Waals surface area contributed by atoms with E-state index in [-0.39, 0.29) is 24.5 Å². The van der Waals surface area contributed by atoms with Crippen LogP contribution in [0.4, 0.5) is 10.1 Å². The fourth-order valence-corrected chi connectivity index (χ4v) is 1.33. The molecule has 4 nitrogen and oxygen atoms in total. The topological polar surface area (TPSA) is 61.5 Å². The van der Waals surface area contributed by atoms with Crippen molar-refractivity contribution in [3.05, 3.63) is 29.1 Å². The van der Waals surface area contributed by atoms with Crippen LogP contribution >= 0.6 is 0 Å². The number of methoxy groups -OCH3 is 1. The van der Waals surface area contributed by atoms with Gasteiger partial charge in [-0.3, -0.25) is 0 Å². The van der Waals surface area contributed by atoms with Crippen molar-refractivity contribution < 1.29 is 18.7 Å². The van der Waals surface area contributed by atoms with Crippen molar-refractivity contribution in [3.63, 3.8) is 0 Å². The van der Waals surface area contributed by atoms with E-state index in [2.05, 4.69) is 0 Å². The summed E-state index contributed by atoms with van der Waals surface area (Å²) in [7, 11) is 1.47. The van der Waals surface area contributed by atoms with Gasteiger partial charge in [-0.15, -0.1) is 0 Å². The third-order valence-electron chi connectivity index (χ3n) is 2.03. The van der Waals surface area contributed by atoms with Gasteiger partial charge in [-0.2, -0.15) is 0 Å². The normalized spacial score (nSPS) is 10.2. The van der Waals surface area contributed by atoms with Crippen LogP contribution in [0.15, 0.2) is 12.1 Å². The minimum absolute atomic E-state index is 0.0360. The van der Waals surface area contributed by atoms with Gasteiger partial charge in [0.2, 0.25) is 0 Å². The Hall–Kier alpha value is -1.62. The number of halogens is 1. The minimum atomic E-state index is -0.628. The number of esters is 1. The summed E-state index contributed by atoms with van der Waals surface area (Å²) in [4.78, 5) is 11.5.